The lowest BCUT2D eigenvalue weighted by molar-refractivity contribution is 0.170. The molecule has 0 radical (unpaired) electrons. The molecule has 0 bridgehead atoms. The number of hydrogen-bond donors (Lipinski definition) is 1. The third-order valence-corrected chi connectivity index (χ3v) is 7.09. The van der Waals surface area contributed by atoms with Crippen LogP contribution in [0.5, 0.6) is 0 Å². The molecule has 4 heteroatoms. The van der Waals surface area contributed by atoms with Gasteiger partial charge in [-0.05, 0) is 42.7 Å². The number of fused-ring (bicyclic) bond motifs is 1. The fourth-order valence-electron chi connectivity index (χ4n) is 3.81. The van der Waals surface area contributed by atoms with Gasteiger partial charge in [0.1, 0.15) is 0 Å². The number of rotatable bonds is 2. The number of nitrogens with one attached hydrogen (secondary N) is 1. The zero-order valence-electron chi connectivity index (χ0n) is 13.1. The van der Waals surface area contributed by atoms with Crippen LogP contribution in [0.25, 0.3) is 0 Å². The quantitative estimate of drug-likeness (QED) is 0.914. The Morgan fingerprint density at radius 2 is 1.86 bits per heavy atom. The Bertz CT molecular complexity index is 651. The third kappa shape index (κ3) is 2.88. The minimum Gasteiger partial charge on any atom is -0.303 e. The second-order valence-electron chi connectivity index (χ2n) is 7.67. The monoisotopic (exact) mass is 307 g/mol. The van der Waals surface area contributed by atoms with Gasteiger partial charge in [-0.2, -0.15) is 0 Å². The molecule has 1 aliphatic carbocycles. The van der Waals surface area contributed by atoms with E-state index in [0.717, 1.165) is 12.8 Å². The van der Waals surface area contributed by atoms with Crippen molar-refractivity contribution >= 4 is 9.84 Å². The molecule has 0 spiro atoms. The molecule has 2 atom stereocenters. The van der Waals surface area contributed by atoms with Gasteiger partial charge in [0.2, 0.25) is 0 Å². The number of aryl methyl sites for hydroxylation is 1. The standard InChI is InChI=1S/C17H25NO2S/c1-16(2)9-8-13-6-4-5-7-14(13)15(16)18-17(3)10-11-21(19,20)12-17/h4-7,15,18H,8-12H2,1-3H3. The first-order valence-corrected chi connectivity index (χ1v) is 9.59. The summed E-state index contributed by atoms with van der Waals surface area (Å²) in [6.45, 7) is 6.63. The van der Waals surface area contributed by atoms with Crippen molar-refractivity contribution in [3.63, 3.8) is 0 Å². The van der Waals surface area contributed by atoms with Crippen LogP contribution >= 0.6 is 0 Å². The predicted octanol–water partition coefficient (Wildman–Crippen LogP) is 2.87. The zero-order chi connectivity index (χ0) is 15.3. The first-order chi connectivity index (χ1) is 9.71. The van der Waals surface area contributed by atoms with Crippen LogP contribution in [0, 0.1) is 5.41 Å². The molecule has 1 saturated heterocycles. The molecule has 0 aromatic heterocycles. The predicted molar refractivity (Wildman–Crippen MR) is 86.1 cm³/mol. The van der Waals surface area contributed by atoms with Gasteiger partial charge in [-0.25, -0.2) is 8.42 Å². The van der Waals surface area contributed by atoms with Gasteiger partial charge in [0.05, 0.1) is 11.5 Å². The normalized spacial score (nSPS) is 33.6. The van der Waals surface area contributed by atoms with Gasteiger partial charge in [0.25, 0.3) is 0 Å². The molecule has 1 aromatic carbocycles. The molecule has 21 heavy (non-hydrogen) atoms. The van der Waals surface area contributed by atoms with Crippen molar-refractivity contribution in [1.82, 2.24) is 5.32 Å². The SMILES string of the molecule is CC1(NC2c3ccccc3CCC2(C)C)CCS(=O)(=O)C1. The minimum atomic E-state index is -2.88. The highest BCUT2D eigenvalue weighted by Crippen LogP contribution is 2.45. The van der Waals surface area contributed by atoms with E-state index in [-0.39, 0.29) is 22.7 Å². The van der Waals surface area contributed by atoms with E-state index in [0.29, 0.717) is 12.2 Å². The van der Waals surface area contributed by atoms with E-state index in [1.54, 1.807) is 0 Å². The van der Waals surface area contributed by atoms with Crippen LogP contribution in [0.3, 0.4) is 0 Å². The second kappa shape index (κ2) is 4.82. The van der Waals surface area contributed by atoms with E-state index in [9.17, 15) is 8.42 Å². The van der Waals surface area contributed by atoms with E-state index < -0.39 is 9.84 Å². The maximum absolute atomic E-state index is 11.9. The van der Waals surface area contributed by atoms with Crippen molar-refractivity contribution in [1.29, 1.82) is 0 Å². The van der Waals surface area contributed by atoms with E-state index in [2.05, 4.69) is 50.4 Å². The maximum atomic E-state index is 11.9. The Morgan fingerprint density at radius 3 is 2.52 bits per heavy atom. The van der Waals surface area contributed by atoms with Gasteiger partial charge in [-0.3, -0.25) is 0 Å². The maximum Gasteiger partial charge on any atom is 0.152 e. The summed E-state index contributed by atoms with van der Waals surface area (Å²) in [5, 5.41) is 3.72. The molecule has 1 fully saturated rings. The summed E-state index contributed by atoms with van der Waals surface area (Å²) in [6, 6.07) is 8.80. The number of sulfone groups is 1. The summed E-state index contributed by atoms with van der Waals surface area (Å²) in [5.74, 6) is 0.569. The first-order valence-electron chi connectivity index (χ1n) is 7.77. The Morgan fingerprint density at radius 1 is 1.14 bits per heavy atom. The van der Waals surface area contributed by atoms with E-state index in [4.69, 9.17) is 0 Å². The molecule has 2 unspecified atom stereocenters. The summed E-state index contributed by atoms with van der Waals surface area (Å²) in [7, 11) is -2.88. The van der Waals surface area contributed by atoms with Crippen LogP contribution in [0.4, 0.5) is 0 Å². The summed E-state index contributed by atoms with van der Waals surface area (Å²) < 4.78 is 23.7. The summed E-state index contributed by atoms with van der Waals surface area (Å²) >= 11 is 0. The second-order valence-corrected chi connectivity index (χ2v) is 9.85. The van der Waals surface area contributed by atoms with Crippen LogP contribution in [0.2, 0.25) is 0 Å². The highest BCUT2D eigenvalue weighted by atomic mass is 32.2. The molecule has 2 aliphatic rings. The van der Waals surface area contributed by atoms with E-state index in [1.165, 1.54) is 11.1 Å². The number of hydrogen-bond acceptors (Lipinski definition) is 3. The summed E-state index contributed by atoms with van der Waals surface area (Å²) in [4.78, 5) is 0. The highest BCUT2D eigenvalue weighted by molar-refractivity contribution is 7.91. The van der Waals surface area contributed by atoms with Gasteiger partial charge in [0, 0.05) is 11.6 Å². The van der Waals surface area contributed by atoms with E-state index in [1.807, 2.05) is 0 Å². The average molecular weight is 307 g/mol. The fraction of sp³-hybridized carbons (Fsp3) is 0.647. The topological polar surface area (TPSA) is 46.2 Å². The molecule has 1 aliphatic heterocycles. The smallest absolute Gasteiger partial charge is 0.152 e. The molecule has 0 amide bonds. The molecule has 1 heterocycles. The molecule has 116 valence electrons. The molecule has 3 nitrogen and oxygen atoms in total. The van der Waals surface area contributed by atoms with Gasteiger partial charge < -0.3 is 5.32 Å². The average Bonchev–Trinajstić information content (AvgIpc) is 2.68. The molecule has 3 rings (SSSR count). The molecular formula is C17H25NO2S. The van der Waals surface area contributed by atoms with Gasteiger partial charge in [0.15, 0.2) is 9.84 Å². The highest BCUT2D eigenvalue weighted by Gasteiger charge is 2.44. The summed E-state index contributed by atoms with van der Waals surface area (Å²) in [6.07, 6.45) is 2.95. The molecule has 0 saturated carbocycles. The Kier molecular flexibility index (Phi) is 3.45. The van der Waals surface area contributed by atoms with Crippen molar-refractivity contribution in [3.8, 4) is 0 Å². The minimum absolute atomic E-state index is 0.143. The largest absolute Gasteiger partial charge is 0.303 e. The van der Waals surface area contributed by atoms with Crippen LogP contribution in [0.15, 0.2) is 24.3 Å². The van der Waals surface area contributed by atoms with Crippen molar-refractivity contribution < 1.29 is 8.42 Å². The first kappa shape index (κ1) is 15.0. The fourth-order valence-corrected chi connectivity index (χ4v) is 5.92. The van der Waals surface area contributed by atoms with Crippen molar-refractivity contribution in [2.45, 2.75) is 51.6 Å². The van der Waals surface area contributed by atoms with Gasteiger partial charge in [-0.1, -0.05) is 38.1 Å². The number of benzene rings is 1. The lowest BCUT2D eigenvalue weighted by atomic mass is 9.69. The van der Waals surface area contributed by atoms with Crippen molar-refractivity contribution in [3.05, 3.63) is 35.4 Å². The lowest BCUT2D eigenvalue weighted by Crippen LogP contribution is -2.50. The van der Waals surface area contributed by atoms with Crippen LogP contribution in [-0.4, -0.2) is 25.5 Å². The Labute approximate surface area is 128 Å². The zero-order valence-corrected chi connectivity index (χ0v) is 14.0. The lowest BCUT2D eigenvalue weighted by Gasteiger charge is -2.44. The van der Waals surface area contributed by atoms with Gasteiger partial charge >= 0.3 is 0 Å². The van der Waals surface area contributed by atoms with E-state index >= 15 is 0 Å². The summed E-state index contributed by atoms with van der Waals surface area (Å²) in [5.41, 5.74) is 2.59. The van der Waals surface area contributed by atoms with Crippen LogP contribution in [0.1, 0.15) is 50.8 Å². The van der Waals surface area contributed by atoms with Crippen molar-refractivity contribution in [2.75, 3.05) is 11.5 Å². The third-order valence-electron chi connectivity index (χ3n) is 5.18. The van der Waals surface area contributed by atoms with Crippen LogP contribution in [-0.2, 0) is 16.3 Å². The Balaban J connectivity index is 1.93. The molecule has 1 aromatic rings. The molecular weight excluding hydrogens is 282 g/mol. The van der Waals surface area contributed by atoms with Crippen molar-refractivity contribution in [2.24, 2.45) is 5.41 Å². The molecule has 1 N–H and O–H groups in total. The van der Waals surface area contributed by atoms with Gasteiger partial charge in [-0.15, -0.1) is 0 Å². The van der Waals surface area contributed by atoms with Crippen LogP contribution < -0.4 is 5.32 Å². The Hall–Kier alpha value is -0.870.